The zero-order valence-corrected chi connectivity index (χ0v) is 19.6. The molecule has 184 valence electrons. The molecule has 2 aromatic rings. The molecule has 2 fully saturated rings. The number of carbonyl (C=O) groups is 4. The summed E-state index contributed by atoms with van der Waals surface area (Å²) in [5.41, 5.74) is 1.66. The molecule has 0 aromatic heterocycles. The van der Waals surface area contributed by atoms with E-state index in [9.17, 15) is 19.2 Å². The van der Waals surface area contributed by atoms with Gasteiger partial charge in [-0.25, -0.2) is 0 Å². The van der Waals surface area contributed by atoms with Crippen LogP contribution < -0.4 is 20.1 Å². The van der Waals surface area contributed by atoms with E-state index in [0.717, 1.165) is 54.7 Å². The quantitative estimate of drug-likeness (QED) is 0.358. The number of unbranched alkanes of at least 4 members (excludes halogenated alkanes) is 4. The molecule has 2 saturated heterocycles. The summed E-state index contributed by atoms with van der Waals surface area (Å²) in [5.74, 6) is -0.191. The van der Waals surface area contributed by atoms with E-state index in [0.29, 0.717) is 13.2 Å². The number of hydrogen-bond acceptors (Lipinski definition) is 6. The lowest BCUT2D eigenvalue weighted by atomic mass is 9.98. The molecule has 2 aromatic carbocycles. The highest BCUT2D eigenvalue weighted by molar-refractivity contribution is 6.06. The predicted octanol–water partition coefficient (Wildman–Crippen LogP) is 3.36. The molecular weight excluding hydrogens is 448 g/mol. The second kappa shape index (κ2) is 11.6. The first-order valence-electron chi connectivity index (χ1n) is 12.1. The van der Waals surface area contributed by atoms with Gasteiger partial charge >= 0.3 is 0 Å². The molecule has 2 atom stereocenters. The van der Waals surface area contributed by atoms with Crippen molar-refractivity contribution < 1.29 is 28.7 Å². The zero-order valence-electron chi connectivity index (χ0n) is 19.6. The molecule has 2 aliphatic rings. The summed E-state index contributed by atoms with van der Waals surface area (Å²) in [6, 6.07) is 14.8. The molecule has 0 bridgehead atoms. The summed E-state index contributed by atoms with van der Waals surface area (Å²) in [5, 5.41) is 4.66. The second-order valence-electron chi connectivity index (χ2n) is 8.94. The summed E-state index contributed by atoms with van der Waals surface area (Å²) in [7, 11) is 0. The lowest BCUT2D eigenvalue weighted by Gasteiger charge is -2.10. The second-order valence-corrected chi connectivity index (χ2v) is 8.94. The predicted molar refractivity (Wildman–Crippen MR) is 128 cm³/mol. The minimum Gasteiger partial charge on any atom is -0.494 e. The van der Waals surface area contributed by atoms with E-state index in [-0.39, 0.29) is 36.5 Å². The van der Waals surface area contributed by atoms with Gasteiger partial charge in [0.1, 0.15) is 11.5 Å². The number of benzene rings is 2. The molecule has 8 nitrogen and oxygen atoms in total. The molecule has 0 saturated carbocycles. The third kappa shape index (κ3) is 6.68. The van der Waals surface area contributed by atoms with Gasteiger partial charge in [0.15, 0.2) is 0 Å². The highest BCUT2D eigenvalue weighted by Crippen LogP contribution is 2.27. The fourth-order valence-corrected chi connectivity index (χ4v) is 4.35. The topological polar surface area (TPSA) is 111 Å². The van der Waals surface area contributed by atoms with Gasteiger partial charge in [0.25, 0.3) is 0 Å². The Morgan fingerprint density at radius 3 is 1.29 bits per heavy atom. The Balaban J connectivity index is 1.04. The van der Waals surface area contributed by atoms with Crippen molar-refractivity contribution in [2.45, 2.75) is 56.8 Å². The molecule has 0 radical (unpaired) electrons. The lowest BCUT2D eigenvalue weighted by Crippen LogP contribution is -2.21. The Morgan fingerprint density at radius 2 is 0.943 bits per heavy atom. The SMILES string of the molecule is O=C1CC(c2ccc(OCCCCCCCOc3ccc(C4CC(=O)NC4=O)cc3)cc2)C(=O)N1. The summed E-state index contributed by atoms with van der Waals surface area (Å²) in [6.45, 7) is 1.27. The minimum atomic E-state index is -0.396. The van der Waals surface area contributed by atoms with Crippen LogP contribution in [-0.2, 0) is 19.2 Å². The van der Waals surface area contributed by atoms with Crippen LogP contribution in [0.4, 0.5) is 0 Å². The number of carbonyl (C=O) groups excluding carboxylic acids is 4. The van der Waals surface area contributed by atoms with Crippen LogP contribution >= 0.6 is 0 Å². The van der Waals surface area contributed by atoms with Crippen LogP contribution in [0.3, 0.4) is 0 Å². The number of nitrogens with one attached hydrogen (secondary N) is 2. The van der Waals surface area contributed by atoms with E-state index in [2.05, 4.69) is 10.6 Å². The summed E-state index contributed by atoms with van der Waals surface area (Å²) >= 11 is 0. The number of amides is 4. The van der Waals surface area contributed by atoms with E-state index >= 15 is 0 Å². The van der Waals surface area contributed by atoms with Gasteiger partial charge in [-0.15, -0.1) is 0 Å². The van der Waals surface area contributed by atoms with E-state index in [1.165, 1.54) is 0 Å². The Labute approximate surface area is 204 Å². The number of rotatable bonds is 12. The molecule has 2 heterocycles. The minimum absolute atomic E-state index is 0.208. The van der Waals surface area contributed by atoms with Crippen LogP contribution in [-0.4, -0.2) is 36.8 Å². The molecule has 8 heteroatoms. The van der Waals surface area contributed by atoms with Crippen molar-refractivity contribution in [3.63, 3.8) is 0 Å². The van der Waals surface area contributed by atoms with Gasteiger partial charge in [0, 0.05) is 12.8 Å². The number of ether oxygens (including phenoxy) is 2. The monoisotopic (exact) mass is 478 g/mol. The van der Waals surface area contributed by atoms with Gasteiger partial charge in [-0.05, 0) is 48.2 Å². The maximum Gasteiger partial charge on any atom is 0.234 e. The molecule has 2 unspecified atom stereocenters. The molecule has 4 amide bonds. The van der Waals surface area contributed by atoms with Crippen molar-refractivity contribution >= 4 is 23.6 Å². The lowest BCUT2D eigenvalue weighted by molar-refractivity contribution is -0.126. The van der Waals surface area contributed by atoms with E-state index in [1.807, 2.05) is 48.5 Å². The van der Waals surface area contributed by atoms with Crippen molar-refractivity contribution in [1.82, 2.24) is 10.6 Å². The van der Waals surface area contributed by atoms with Crippen molar-refractivity contribution in [1.29, 1.82) is 0 Å². The maximum absolute atomic E-state index is 11.8. The van der Waals surface area contributed by atoms with Gasteiger partial charge in [0.05, 0.1) is 25.0 Å². The highest BCUT2D eigenvalue weighted by atomic mass is 16.5. The van der Waals surface area contributed by atoms with Crippen LogP contribution in [0.2, 0.25) is 0 Å². The van der Waals surface area contributed by atoms with Gasteiger partial charge in [-0.1, -0.05) is 43.5 Å². The fourth-order valence-electron chi connectivity index (χ4n) is 4.35. The fraction of sp³-hybridized carbons (Fsp3) is 0.407. The largest absolute Gasteiger partial charge is 0.494 e. The molecule has 2 N–H and O–H groups in total. The van der Waals surface area contributed by atoms with Crippen molar-refractivity contribution in [3.8, 4) is 11.5 Å². The third-order valence-electron chi connectivity index (χ3n) is 6.33. The molecule has 2 aliphatic heterocycles. The van der Waals surface area contributed by atoms with Crippen LogP contribution in [0, 0.1) is 0 Å². The third-order valence-corrected chi connectivity index (χ3v) is 6.33. The first kappa shape index (κ1) is 24.4. The number of imide groups is 2. The average molecular weight is 479 g/mol. The summed E-state index contributed by atoms with van der Waals surface area (Å²) in [6.07, 6.45) is 5.57. The first-order valence-corrected chi connectivity index (χ1v) is 12.1. The van der Waals surface area contributed by atoms with Gasteiger partial charge in [-0.3, -0.25) is 29.8 Å². The Kier molecular flexibility index (Phi) is 8.13. The standard InChI is InChI=1S/C27H30N2O6/c30-24-16-22(26(32)28-24)18-6-10-20(11-7-18)34-14-4-2-1-3-5-15-35-21-12-8-19(9-13-21)23-17-25(31)29-27(23)33/h6-13,22-23H,1-5,14-17H2,(H,28,30,32)(H,29,31,33). The molecule has 0 spiro atoms. The summed E-state index contributed by atoms with van der Waals surface area (Å²) in [4.78, 5) is 46.2. The van der Waals surface area contributed by atoms with Gasteiger partial charge < -0.3 is 9.47 Å². The van der Waals surface area contributed by atoms with Crippen LogP contribution in [0.25, 0.3) is 0 Å². The molecule has 4 rings (SSSR count). The van der Waals surface area contributed by atoms with Crippen LogP contribution in [0.5, 0.6) is 11.5 Å². The van der Waals surface area contributed by atoms with E-state index in [1.54, 1.807) is 0 Å². The van der Waals surface area contributed by atoms with Crippen LogP contribution in [0.15, 0.2) is 48.5 Å². The Bertz CT molecular complexity index is 979. The molecule has 35 heavy (non-hydrogen) atoms. The number of hydrogen-bond donors (Lipinski definition) is 2. The van der Waals surface area contributed by atoms with Crippen LogP contribution in [0.1, 0.15) is 67.9 Å². The average Bonchev–Trinajstić information content (AvgIpc) is 3.37. The van der Waals surface area contributed by atoms with Crippen molar-refractivity contribution in [2.24, 2.45) is 0 Å². The van der Waals surface area contributed by atoms with Gasteiger partial charge in [0.2, 0.25) is 23.6 Å². The summed E-state index contributed by atoms with van der Waals surface area (Å²) < 4.78 is 11.6. The maximum atomic E-state index is 11.8. The van der Waals surface area contributed by atoms with Crippen molar-refractivity contribution in [2.75, 3.05) is 13.2 Å². The van der Waals surface area contributed by atoms with E-state index < -0.39 is 11.8 Å². The highest BCUT2D eigenvalue weighted by Gasteiger charge is 2.32. The Hall–Kier alpha value is -3.68. The normalized spacial score (nSPS) is 19.5. The smallest absolute Gasteiger partial charge is 0.234 e. The Morgan fingerprint density at radius 1 is 0.571 bits per heavy atom. The first-order chi connectivity index (χ1) is 17.0. The van der Waals surface area contributed by atoms with Gasteiger partial charge in [-0.2, -0.15) is 0 Å². The zero-order chi connectivity index (χ0) is 24.6. The molecule has 0 aliphatic carbocycles. The van der Waals surface area contributed by atoms with E-state index in [4.69, 9.17) is 9.47 Å². The van der Waals surface area contributed by atoms with Crippen molar-refractivity contribution in [3.05, 3.63) is 59.7 Å². The molecular formula is C27H30N2O6.